The Balaban J connectivity index is 1.16. The number of carbonyl (C=O) groups excluding carboxylic acids is 2. The number of likely N-dealkylation sites (N-methyl/N-ethyl adjacent to an activating group) is 1. The average molecular weight is 707 g/mol. The van der Waals surface area contributed by atoms with Crippen LogP contribution in [0, 0.1) is 58.2 Å². The standard InChI is InChI=1S/C42H62N2O7/c1-25(26-6-3-4-7-26)27-8-9-31-33(46)10-14-38(24-45)34-11-15-37-12-5-13-39-30(23-44-17-16-43-2)19-28(36(37)32(39)20-35(47)51-39)21-41(37,49)40(34,48)22-29(18-27)42(31,38)50/h19-20,24-29,31,33-34,36,43-44,46,48-50H,3-18,21-23H2,1-2H3. The highest BCUT2D eigenvalue weighted by molar-refractivity contribution is 5.88. The molecule has 0 amide bonds. The fourth-order valence-corrected chi connectivity index (χ4v) is 15.8. The summed E-state index contributed by atoms with van der Waals surface area (Å²) in [5.41, 5.74) is -5.25. The van der Waals surface area contributed by atoms with Crippen LogP contribution in [-0.2, 0) is 14.3 Å². The van der Waals surface area contributed by atoms with Gasteiger partial charge < -0.3 is 40.6 Å². The molecule has 1 heterocycles. The lowest BCUT2D eigenvalue weighted by atomic mass is 9.36. The Morgan fingerprint density at radius 2 is 1.76 bits per heavy atom. The third kappa shape index (κ3) is 4.31. The van der Waals surface area contributed by atoms with E-state index in [0.29, 0.717) is 75.7 Å². The molecule has 8 aliphatic carbocycles. The maximum absolute atomic E-state index is 13.9. The second kappa shape index (κ2) is 11.9. The summed E-state index contributed by atoms with van der Waals surface area (Å²) in [7, 11) is 1.93. The number of rotatable bonds is 8. The van der Waals surface area contributed by atoms with Gasteiger partial charge in [0, 0.05) is 43.0 Å². The SMILES string of the molecule is CNCCNCC1=CC2CC3(O)C4(O)CC5CC(C(C)C6CCCC6)CCC6C(O)CCC(C=O)(C4CCC34CCCC13OC(=O)C=C3C24)C56O. The molecule has 9 aliphatic rings. The molecule has 7 fully saturated rings. The summed E-state index contributed by atoms with van der Waals surface area (Å²) in [6.45, 7) is 4.55. The summed E-state index contributed by atoms with van der Waals surface area (Å²) in [5, 5.41) is 59.2. The summed E-state index contributed by atoms with van der Waals surface area (Å²) < 4.78 is 6.31. The fourth-order valence-electron chi connectivity index (χ4n) is 15.8. The number of aliphatic hydroxyl groups excluding tert-OH is 1. The molecule has 0 aromatic rings. The van der Waals surface area contributed by atoms with Crippen LogP contribution in [0.15, 0.2) is 23.3 Å². The van der Waals surface area contributed by atoms with Crippen LogP contribution >= 0.6 is 0 Å². The first kappa shape index (κ1) is 35.1. The molecule has 9 nitrogen and oxygen atoms in total. The van der Waals surface area contributed by atoms with E-state index in [-0.39, 0.29) is 24.2 Å². The number of aliphatic hydroxyl groups is 4. The van der Waals surface area contributed by atoms with E-state index in [4.69, 9.17) is 4.74 Å². The zero-order valence-corrected chi connectivity index (χ0v) is 30.9. The van der Waals surface area contributed by atoms with Gasteiger partial charge in [0.15, 0.2) is 5.60 Å². The van der Waals surface area contributed by atoms with E-state index in [1.54, 1.807) is 6.08 Å². The zero-order chi connectivity index (χ0) is 35.6. The van der Waals surface area contributed by atoms with E-state index >= 15 is 0 Å². The minimum Gasteiger partial charge on any atom is -0.447 e. The van der Waals surface area contributed by atoms with Crippen molar-refractivity contribution in [3.63, 3.8) is 0 Å². The second-order valence-corrected chi connectivity index (χ2v) is 19.1. The van der Waals surface area contributed by atoms with Crippen LogP contribution in [0.25, 0.3) is 0 Å². The monoisotopic (exact) mass is 706 g/mol. The van der Waals surface area contributed by atoms with E-state index in [1.807, 2.05) is 7.05 Å². The van der Waals surface area contributed by atoms with Crippen LogP contribution in [0.5, 0.6) is 0 Å². The lowest BCUT2D eigenvalue weighted by Gasteiger charge is -2.72. The lowest BCUT2D eigenvalue weighted by Crippen LogP contribution is -2.80. The Morgan fingerprint density at radius 1 is 0.961 bits per heavy atom. The zero-order valence-electron chi connectivity index (χ0n) is 30.9. The molecule has 0 aromatic heterocycles. The molecule has 9 heteroatoms. The Morgan fingerprint density at radius 3 is 2.53 bits per heavy atom. The summed E-state index contributed by atoms with van der Waals surface area (Å²) in [6, 6.07) is 0. The predicted octanol–water partition coefficient (Wildman–Crippen LogP) is 3.97. The Bertz CT molecular complexity index is 1510. The maximum atomic E-state index is 13.9. The van der Waals surface area contributed by atoms with Crippen molar-refractivity contribution in [2.75, 3.05) is 26.7 Å². The number of nitrogens with one attached hydrogen (secondary N) is 2. The molecule has 0 saturated heterocycles. The van der Waals surface area contributed by atoms with Gasteiger partial charge in [0.25, 0.3) is 0 Å². The number of carbonyl (C=O) groups is 2. The molecule has 9 rings (SSSR count). The molecule has 0 aromatic carbocycles. The van der Waals surface area contributed by atoms with Crippen LogP contribution in [0.3, 0.4) is 0 Å². The van der Waals surface area contributed by atoms with E-state index in [0.717, 1.165) is 49.8 Å². The van der Waals surface area contributed by atoms with Crippen molar-refractivity contribution >= 4 is 12.3 Å². The first-order valence-corrected chi connectivity index (χ1v) is 20.8. The summed E-state index contributed by atoms with van der Waals surface area (Å²) in [4.78, 5) is 27.1. The van der Waals surface area contributed by atoms with Gasteiger partial charge in [0.1, 0.15) is 11.9 Å². The van der Waals surface area contributed by atoms with Gasteiger partial charge in [0.05, 0.1) is 22.7 Å². The molecule has 1 spiro atoms. The number of ether oxygens (including phenoxy) is 1. The number of aldehydes is 1. The van der Waals surface area contributed by atoms with Gasteiger partial charge in [-0.25, -0.2) is 4.79 Å². The smallest absolute Gasteiger partial charge is 0.332 e. The van der Waals surface area contributed by atoms with Gasteiger partial charge in [-0.15, -0.1) is 0 Å². The van der Waals surface area contributed by atoms with Crippen LogP contribution in [0.4, 0.5) is 0 Å². The van der Waals surface area contributed by atoms with Crippen molar-refractivity contribution in [2.45, 2.75) is 138 Å². The first-order chi connectivity index (χ1) is 24.4. The molecule has 51 heavy (non-hydrogen) atoms. The van der Waals surface area contributed by atoms with Crippen LogP contribution in [-0.4, -0.2) is 87.9 Å². The van der Waals surface area contributed by atoms with E-state index < -0.39 is 57.1 Å². The molecule has 7 saturated carbocycles. The van der Waals surface area contributed by atoms with E-state index in [2.05, 4.69) is 23.6 Å². The minimum absolute atomic E-state index is 0.0796. The summed E-state index contributed by atoms with van der Waals surface area (Å²) in [6.07, 6.45) is 16.2. The molecule has 0 radical (unpaired) electrons. The largest absolute Gasteiger partial charge is 0.447 e. The molecule has 14 atom stereocenters. The average Bonchev–Trinajstić information content (AvgIpc) is 3.78. The number of esters is 1. The van der Waals surface area contributed by atoms with E-state index in [1.165, 1.54) is 25.7 Å². The normalized spacial score (nSPS) is 51.9. The molecule has 14 unspecified atom stereocenters. The number of hydrogen-bond donors (Lipinski definition) is 6. The molecular formula is C42H62N2O7. The molecule has 282 valence electrons. The maximum Gasteiger partial charge on any atom is 0.332 e. The first-order valence-electron chi connectivity index (χ1n) is 20.8. The highest BCUT2D eigenvalue weighted by Crippen LogP contribution is 2.78. The lowest BCUT2D eigenvalue weighted by molar-refractivity contribution is -0.343. The highest BCUT2D eigenvalue weighted by Gasteiger charge is 2.83. The van der Waals surface area contributed by atoms with Gasteiger partial charge in [-0.3, -0.25) is 0 Å². The molecule has 2 bridgehead atoms. The second-order valence-electron chi connectivity index (χ2n) is 19.1. The Kier molecular flexibility index (Phi) is 8.22. The van der Waals surface area contributed by atoms with Crippen LogP contribution < -0.4 is 10.6 Å². The number of fused-ring (bicyclic) bond motifs is 3. The van der Waals surface area contributed by atoms with Crippen LogP contribution in [0.1, 0.15) is 110 Å². The van der Waals surface area contributed by atoms with Crippen molar-refractivity contribution in [3.05, 3.63) is 23.3 Å². The van der Waals surface area contributed by atoms with Gasteiger partial charge in [0.2, 0.25) is 0 Å². The van der Waals surface area contributed by atoms with Crippen molar-refractivity contribution in [3.8, 4) is 0 Å². The Labute approximate surface area is 303 Å². The number of hydrogen-bond acceptors (Lipinski definition) is 9. The van der Waals surface area contributed by atoms with E-state index in [9.17, 15) is 30.0 Å². The van der Waals surface area contributed by atoms with Gasteiger partial charge in [-0.1, -0.05) is 38.7 Å². The summed E-state index contributed by atoms with van der Waals surface area (Å²) >= 11 is 0. The van der Waals surface area contributed by atoms with Crippen molar-refractivity contribution < 1.29 is 34.8 Å². The molecular weight excluding hydrogens is 644 g/mol. The number of allylic oxidation sites excluding steroid dienone is 1. The van der Waals surface area contributed by atoms with Gasteiger partial charge in [-0.05, 0) is 131 Å². The topological polar surface area (TPSA) is 148 Å². The van der Waals surface area contributed by atoms with Crippen LogP contribution in [0.2, 0.25) is 0 Å². The van der Waals surface area contributed by atoms with Crippen molar-refractivity contribution in [2.24, 2.45) is 58.2 Å². The third-order valence-electron chi connectivity index (χ3n) is 17.8. The predicted molar refractivity (Wildman–Crippen MR) is 191 cm³/mol. The highest BCUT2D eigenvalue weighted by atomic mass is 16.6. The minimum atomic E-state index is -1.60. The van der Waals surface area contributed by atoms with Crippen molar-refractivity contribution in [1.29, 1.82) is 0 Å². The van der Waals surface area contributed by atoms with Gasteiger partial charge >= 0.3 is 5.97 Å². The quantitative estimate of drug-likeness (QED) is 0.0955. The third-order valence-corrected chi connectivity index (χ3v) is 17.8. The van der Waals surface area contributed by atoms with Crippen molar-refractivity contribution in [1.82, 2.24) is 10.6 Å². The molecule has 6 N–H and O–H groups in total. The molecule has 1 aliphatic heterocycles. The summed E-state index contributed by atoms with van der Waals surface area (Å²) in [5.74, 6) is -0.544. The Hall–Kier alpha value is -1.62. The van der Waals surface area contributed by atoms with Gasteiger partial charge in [-0.2, -0.15) is 0 Å². The fraction of sp³-hybridized carbons (Fsp3) is 0.857.